The van der Waals surface area contributed by atoms with Crippen LogP contribution in [0.3, 0.4) is 0 Å². The summed E-state index contributed by atoms with van der Waals surface area (Å²) >= 11 is 1.37. The number of methoxy groups -OCH3 is 1. The lowest BCUT2D eigenvalue weighted by atomic mass is 10.1. The van der Waals surface area contributed by atoms with Crippen molar-refractivity contribution in [3.63, 3.8) is 0 Å². The first kappa shape index (κ1) is 14.8. The van der Waals surface area contributed by atoms with Gasteiger partial charge in [-0.25, -0.2) is 0 Å². The van der Waals surface area contributed by atoms with Crippen LogP contribution in [0.1, 0.15) is 0 Å². The largest absolute Gasteiger partial charge is 0.504 e. The highest BCUT2D eigenvalue weighted by atomic mass is 32.1. The molecule has 22 heavy (non-hydrogen) atoms. The molecule has 1 saturated heterocycles. The molecule has 0 atom stereocenters. The molecular formula is C15H16N2O4S. The molecule has 1 aromatic heterocycles. The molecule has 6 nitrogen and oxygen atoms in total. The Morgan fingerprint density at radius 1 is 1.36 bits per heavy atom. The van der Waals surface area contributed by atoms with Gasteiger partial charge < -0.3 is 19.5 Å². The Bertz CT molecular complexity index is 726. The molecule has 2 heterocycles. The van der Waals surface area contributed by atoms with Gasteiger partial charge in [-0.1, -0.05) is 17.4 Å². The van der Waals surface area contributed by atoms with Crippen LogP contribution in [0, 0.1) is 0 Å². The number of hydrogen-bond acceptors (Lipinski definition) is 7. The van der Waals surface area contributed by atoms with Gasteiger partial charge in [0.05, 0.1) is 20.3 Å². The molecule has 0 unspecified atom stereocenters. The summed E-state index contributed by atoms with van der Waals surface area (Å²) < 4.78 is 10.4. The molecule has 1 aliphatic rings. The zero-order valence-corrected chi connectivity index (χ0v) is 12.9. The van der Waals surface area contributed by atoms with Crippen LogP contribution in [0.15, 0.2) is 29.1 Å². The van der Waals surface area contributed by atoms with E-state index in [1.807, 2.05) is 4.90 Å². The average Bonchev–Trinajstić information content (AvgIpc) is 2.55. The van der Waals surface area contributed by atoms with Crippen LogP contribution in [0.4, 0.5) is 5.13 Å². The van der Waals surface area contributed by atoms with E-state index in [-0.39, 0.29) is 11.3 Å². The number of para-hydroxylation sites is 1. The maximum atomic E-state index is 11.9. The summed E-state index contributed by atoms with van der Waals surface area (Å²) in [5, 5.41) is 10.9. The fraction of sp³-hybridized carbons (Fsp3) is 0.333. The molecule has 0 radical (unpaired) electrons. The normalized spacial score (nSPS) is 14.9. The van der Waals surface area contributed by atoms with Gasteiger partial charge in [0.1, 0.15) is 0 Å². The van der Waals surface area contributed by atoms with E-state index >= 15 is 0 Å². The highest BCUT2D eigenvalue weighted by Crippen LogP contribution is 2.39. The first-order valence-corrected chi connectivity index (χ1v) is 7.72. The summed E-state index contributed by atoms with van der Waals surface area (Å²) in [6.45, 7) is 2.65. The monoisotopic (exact) mass is 320 g/mol. The van der Waals surface area contributed by atoms with Crippen LogP contribution >= 0.6 is 11.3 Å². The van der Waals surface area contributed by atoms with E-state index in [1.54, 1.807) is 18.2 Å². The number of aromatic hydroxyl groups is 1. The number of hydrogen-bond donors (Lipinski definition) is 1. The van der Waals surface area contributed by atoms with Gasteiger partial charge >= 0.3 is 0 Å². The van der Waals surface area contributed by atoms with Crippen molar-refractivity contribution in [3.8, 4) is 21.9 Å². The fourth-order valence-corrected chi connectivity index (χ4v) is 3.38. The lowest BCUT2D eigenvalue weighted by Gasteiger charge is -2.27. The van der Waals surface area contributed by atoms with Crippen molar-refractivity contribution in [1.82, 2.24) is 4.98 Å². The third-order valence-electron chi connectivity index (χ3n) is 3.43. The van der Waals surface area contributed by atoms with Gasteiger partial charge in [-0.15, -0.1) is 0 Å². The Balaban J connectivity index is 2.04. The Morgan fingerprint density at radius 2 is 2.14 bits per heavy atom. The van der Waals surface area contributed by atoms with Crippen molar-refractivity contribution >= 4 is 16.5 Å². The molecular weight excluding hydrogens is 304 g/mol. The Kier molecular flexibility index (Phi) is 4.26. The van der Waals surface area contributed by atoms with Crippen molar-refractivity contribution in [3.05, 3.63) is 34.6 Å². The van der Waals surface area contributed by atoms with Crippen LogP contribution in [0.5, 0.6) is 11.5 Å². The van der Waals surface area contributed by atoms with Gasteiger partial charge in [-0.3, -0.25) is 4.79 Å². The van der Waals surface area contributed by atoms with Gasteiger partial charge in [0.15, 0.2) is 16.6 Å². The summed E-state index contributed by atoms with van der Waals surface area (Å²) in [4.78, 5) is 18.7. The van der Waals surface area contributed by atoms with Gasteiger partial charge in [0, 0.05) is 29.6 Å². The van der Waals surface area contributed by atoms with E-state index in [0.717, 1.165) is 0 Å². The molecule has 1 N–H and O–H groups in total. The van der Waals surface area contributed by atoms with Crippen LogP contribution in [-0.4, -0.2) is 43.5 Å². The van der Waals surface area contributed by atoms with Crippen molar-refractivity contribution in [2.75, 3.05) is 38.3 Å². The summed E-state index contributed by atoms with van der Waals surface area (Å²) in [7, 11) is 1.49. The van der Waals surface area contributed by atoms with E-state index in [1.165, 1.54) is 24.5 Å². The second kappa shape index (κ2) is 6.33. The Labute approximate surface area is 131 Å². The number of rotatable bonds is 3. The summed E-state index contributed by atoms with van der Waals surface area (Å²) in [5.41, 5.74) is 0.246. The SMILES string of the molecule is COc1cccc(-c2cc(=O)nc(N3CCOCC3)s2)c1O. The van der Waals surface area contributed by atoms with Crippen LogP contribution < -0.4 is 15.2 Å². The van der Waals surface area contributed by atoms with Gasteiger partial charge in [-0.2, -0.15) is 4.98 Å². The van der Waals surface area contributed by atoms with Crippen LogP contribution in [0.2, 0.25) is 0 Å². The number of anilines is 1. The molecule has 0 saturated carbocycles. The first-order valence-electron chi connectivity index (χ1n) is 6.90. The maximum Gasteiger partial charge on any atom is 0.273 e. The molecule has 0 amide bonds. The molecule has 1 aliphatic heterocycles. The van der Waals surface area contributed by atoms with E-state index < -0.39 is 0 Å². The minimum Gasteiger partial charge on any atom is -0.504 e. The zero-order chi connectivity index (χ0) is 15.5. The van der Waals surface area contributed by atoms with E-state index in [4.69, 9.17) is 9.47 Å². The zero-order valence-electron chi connectivity index (χ0n) is 12.1. The standard InChI is InChI=1S/C15H16N2O4S/c1-20-11-4-2-3-10(14(11)19)12-9-13(18)16-15(22-12)17-5-7-21-8-6-17/h2-4,9,19H,5-8H2,1H3. The molecule has 2 aromatic rings. The van der Waals surface area contributed by atoms with Crippen LogP contribution in [0.25, 0.3) is 10.4 Å². The number of ether oxygens (including phenoxy) is 2. The molecule has 0 aliphatic carbocycles. The second-order valence-corrected chi connectivity index (χ2v) is 5.81. The van der Waals surface area contributed by atoms with Crippen molar-refractivity contribution in [2.24, 2.45) is 0 Å². The van der Waals surface area contributed by atoms with Crippen molar-refractivity contribution in [2.45, 2.75) is 0 Å². The van der Waals surface area contributed by atoms with Gasteiger partial charge in [-0.05, 0) is 12.1 Å². The summed E-state index contributed by atoms with van der Waals surface area (Å²) in [5.74, 6) is 0.404. The third-order valence-corrected chi connectivity index (χ3v) is 4.52. The fourth-order valence-electron chi connectivity index (χ4n) is 2.30. The minimum atomic E-state index is -0.322. The smallest absolute Gasteiger partial charge is 0.273 e. The summed E-state index contributed by atoms with van der Waals surface area (Å²) in [6, 6.07) is 6.64. The Morgan fingerprint density at radius 3 is 2.86 bits per heavy atom. The topological polar surface area (TPSA) is 71.9 Å². The number of morpholine rings is 1. The molecule has 1 fully saturated rings. The number of benzene rings is 1. The molecule has 0 bridgehead atoms. The molecule has 0 spiro atoms. The number of nitrogens with zero attached hydrogens (tertiary/aromatic N) is 2. The third kappa shape index (κ3) is 2.90. The molecule has 7 heteroatoms. The van der Waals surface area contributed by atoms with E-state index in [0.29, 0.717) is 47.6 Å². The predicted molar refractivity (Wildman–Crippen MR) is 85.1 cm³/mol. The highest BCUT2D eigenvalue weighted by molar-refractivity contribution is 7.18. The molecule has 3 rings (SSSR count). The Hall–Kier alpha value is -2.12. The lowest BCUT2D eigenvalue weighted by Crippen LogP contribution is -2.37. The van der Waals surface area contributed by atoms with E-state index in [2.05, 4.69) is 4.98 Å². The van der Waals surface area contributed by atoms with Crippen LogP contribution in [-0.2, 0) is 4.74 Å². The van der Waals surface area contributed by atoms with E-state index in [9.17, 15) is 9.90 Å². The minimum absolute atomic E-state index is 0.0276. The molecule has 1 aromatic carbocycles. The molecule has 116 valence electrons. The van der Waals surface area contributed by atoms with Crippen molar-refractivity contribution < 1.29 is 14.6 Å². The quantitative estimate of drug-likeness (QED) is 0.928. The number of aromatic nitrogens is 1. The average molecular weight is 320 g/mol. The number of phenolic OH excluding ortho intramolecular Hbond substituents is 1. The van der Waals surface area contributed by atoms with Gasteiger partial charge in [0.25, 0.3) is 5.56 Å². The first-order chi connectivity index (χ1) is 10.7. The van der Waals surface area contributed by atoms with Gasteiger partial charge in [0.2, 0.25) is 0 Å². The second-order valence-electron chi connectivity index (χ2n) is 4.80. The lowest BCUT2D eigenvalue weighted by molar-refractivity contribution is 0.122. The highest BCUT2D eigenvalue weighted by Gasteiger charge is 2.17. The number of phenols is 1. The van der Waals surface area contributed by atoms with Crippen molar-refractivity contribution in [1.29, 1.82) is 0 Å². The maximum absolute atomic E-state index is 11.9. The summed E-state index contributed by atoms with van der Waals surface area (Å²) in [6.07, 6.45) is 0. The predicted octanol–water partition coefficient (Wildman–Crippen LogP) is 1.72.